The molecule has 0 aliphatic rings. The van der Waals surface area contributed by atoms with Gasteiger partial charge in [0.15, 0.2) is 22.5 Å². The van der Waals surface area contributed by atoms with Crippen LogP contribution in [0.1, 0.15) is 11.4 Å². The molecule has 0 unspecified atom stereocenters. The number of amides is 1. The van der Waals surface area contributed by atoms with Crippen LogP contribution in [0.5, 0.6) is 11.5 Å². The average molecular weight is 578 g/mol. The third kappa shape index (κ3) is 7.22. The number of hydrazone groups is 1. The zero-order valence-electron chi connectivity index (χ0n) is 17.9. The smallest absolute Gasteiger partial charge is 0.250 e. The summed E-state index contributed by atoms with van der Waals surface area (Å²) in [4.78, 5) is 12.2. The molecule has 11 heteroatoms. The van der Waals surface area contributed by atoms with Crippen LogP contribution in [0.15, 0.2) is 65.4 Å². The highest BCUT2D eigenvalue weighted by atomic mass is 127. The van der Waals surface area contributed by atoms with Crippen molar-refractivity contribution in [1.29, 1.82) is 0 Å². The minimum Gasteiger partial charge on any atom is -0.504 e. The van der Waals surface area contributed by atoms with Gasteiger partial charge in [0, 0.05) is 15.8 Å². The molecule has 3 rings (SSSR count). The number of ether oxygens (including phenoxy) is 1. The van der Waals surface area contributed by atoms with Gasteiger partial charge in [-0.3, -0.25) is 4.79 Å². The molecule has 0 atom stereocenters. The Morgan fingerprint density at radius 2 is 2.09 bits per heavy atom. The number of aromatic hydroxyl groups is 1. The lowest BCUT2D eigenvalue weighted by atomic mass is 10.2. The maximum Gasteiger partial charge on any atom is 0.250 e. The van der Waals surface area contributed by atoms with Gasteiger partial charge < -0.3 is 19.7 Å². The second kappa shape index (κ2) is 12.3. The maximum atomic E-state index is 12.2. The number of phenols is 1. The topological polar surface area (TPSA) is 114 Å². The highest BCUT2D eigenvalue weighted by Gasteiger charge is 2.13. The van der Waals surface area contributed by atoms with E-state index in [1.54, 1.807) is 18.2 Å². The number of anilines is 1. The highest BCUT2D eigenvalue weighted by Crippen LogP contribution is 2.25. The molecule has 9 nitrogen and oxygen atoms in total. The SMILES string of the molecule is C=CCn1c(CNc2ccc(I)cc2)nnc1SCC(=O)NN=Cc1ccc(O)c(OC)c1. The van der Waals surface area contributed by atoms with Gasteiger partial charge in [-0.25, -0.2) is 5.43 Å². The number of hydrogen-bond acceptors (Lipinski definition) is 8. The lowest BCUT2D eigenvalue weighted by Crippen LogP contribution is -2.20. The van der Waals surface area contributed by atoms with Crippen molar-refractivity contribution < 1.29 is 14.6 Å². The predicted octanol–water partition coefficient (Wildman–Crippen LogP) is 3.64. The Hall–Kier alpha value is -3.06. The second-order valence-electron chi connectivity index (χ2n) is 6.67. The Morgan fingerprint density at radius 3 is 2.82 bits per heavy atom. The number of carbonyl (C=O) groups is 1. The highest BCUT2D eigenvalue weighted by molar-refractivity contribution is 14.1. The van der Waals surface area contributed by atoms with Crippen LogP contribution in [0.2, 0.25) is 0 Å². The fourth-order valence-electron chi connectivity index (χ4n) is 2.73. The molecule has 3 N–H and O–H groups in total. The predicted molar refractivity (Wildman–Crippen MR) is 138 cm³/mol. The minimum atomic E-state index is -0.284. The van der Waals surface area contributed by atoms with E-state index in [0.717, 1.165) is 15.1 Å². The number of methoxy groups -OCH3 is 1. The summed E-state index contributed by atoms with van der Waals surface area (Å²) in [5.74, 6) is 0.946. The van der Waals surface area contributed by atoms with Crippen molar-refractivity contribution in [2.24, 2.45) is 5.10 Å². The van der Waals surface area contributed by atoms with Crippen molar-refractivity contribution in [3.8, 4) is 11.5 Å². The van der Waals surface area contributed by atoms with E-state index in [0.29, 0.717) is 29.6 Å². The van der Waals surface area contributed by atoms with Gasteiger partial charge in [-0.15, -0.1) is 16.8 Å². The van der Waals surface area contributed by atoms with Crippen LogP contribution in [0.25, 0.3) is 0 Å². The van der Waals surface area contributed by atoms with Crippen LogP contribution in [-0.4, -0.2) is 44.9 Å². The molecule has 0 fully saturated rings. The third-order valence-electron chi connectivity index (χ3n) is 4.34. The van der Waals surface area contributed by atoms with Crippen LogP contribution in [-0.2, 0) is 17.9 Å². The third-order valence-corrected chi connectivity index (χ3v) is 6.02. The Labute approximate surface area is 209 Å². The molecule has 172 valence electrons. The number of nitrogens with zero attached hydrogens (tertiary/aromatic N) is 4. The normalized spacial score (nSPS) is 10.8. The number of phenolic OH excluding ortho intramolecular Hbond substituents is 1. The molecule has 0 saturated heterocycles. The van der Waals surface area contributed by atoms with Gasteiger partial charge in [-0.05, 0) is 70.6 Å². The van der Waals surface area contributed by atoms with Crippen LogP contribution in [0, 0.1) is 3.57 Å². The van der Waals surface area contributed by atoms with Crippen molar-refractivity contribution in [3.05, 3.63) is 70.1 Å². The summed E-state index contributed by atoms with van der Waals surface area (Å²) >= 11 is 3.53. The molecule has 1 aromatic heterocycles. The van der Waals surface area contributed by atoms with Crippen molar-refractivity contribution in [3.63, 3.8) is 0 Å². The van der Waals surface area contributed by atoms with E-state index in [1.165, 1.54) is 31.2 Å². The first kappa shape index (κ1) is 24.6. The largest absolute Gasteiger partial charge is 0.504 e. The summed E-state index contributed by atoms with van der Waals surface area (Å²) in [6.07, 6.45) is 3.23. The molecule has 0 aliphatic carbocycles. The first-order valence-corrected chi connectivity index (χ1v) is 11.9. The number of aromatic nitrogens is 3. The molecule has 0 aliphatic heterocycles. The lowest BCUT2D eigenvalue weighted by molar-refractivity contribution is -0.118. The molecule has 33 heavy (non-hydrogen) atoms. The number of thioether (sulfide) groups is 1. The Bertz CT molecular complexity index is 1130. The summed E-state index contributed by atoms with van der Waals surface area (Å²) in [5.41, 5.74) is 4.14. The summed E-state index contributed by atoms with van der Waals surface area (Å²) in [7, 11) is 1.46. The Morgan fingerprint density at radius 1 is 1.30 bits per heavy atom. The number of hydrogen-bond donors (Lipinski definition) is 3. The number of carbonyl (C=O) groups excluding carboxylic acids is 1. The minimum absolute atomic E-state index is 0.0341. The second-order valence-corrected chi connectivity index (χ2v) is 8.86. The van der Waals surface area contributed by atoms with E-state index in [9.17, 15) is 9.90 Å². The fraction of sp³-hybridized carbons (Fsp3) is 0.182. The molecule has 0 bridgehead atoms. The maximum absolute atomic E-state index is 12.2. The van der Waals surface area contributed by atoms with E-state index in [-0.39, 0.29) is 17.4 Å². The van der Waals surface area contributed by atoms with Crippen molar-refractivity contribution >= 4 is 52.2 Å². The molecular weight excluding hydrogens is 555 g/mol. The summed E-state index contributed by atoms with van der Waals surface area (Å²) < 4.78 is 8.13. The van der Waals surface area contributed by atoms with E-state index < -0.39 is 0 Å². The Kier molecular flexibility index (Phi) is 9.13. The van der Waals surface area contributed by atoms with Gasteiger partial charge in [-0.1, -0.05) is 17.8 Å². The van der Waals surface area contributed by atoms with E-state index in [2.05, 4.69) is 55.2 Å². The molecule has 0 spiro atoms. The Balaban J connectivity index is 1.54. The molecule has 0 saturated carbocycles. The van der Waals surface area contributed by atoms with Gasteiger partial charge >= 0.3 is 0 Å². The standard InChI is InChI=1S/C22H23IN6O3S/c1-3-10-29-20(13-24-17-7-5-16(23)6-8-17)26-28-22(29)33-14-21(31)27-25-12-15-4-9-18(30)19(11-15)32-2/h3-9,11-12,24,30H,1,10,13-14H2,2H3,(H,27,31). The molecule has 3 aromatic rings. The number of allylic oxidation sites excluding steroid dienone is 1. The monoisotopic (exact) mass is 578 g/mol. The van der Waals surface area contributed by atoms with Crippen molar-refractivity contribution in [2.75, 3.05) is 18.2 Å². The van der Waals surface area contributed by atoms with Crippen LogP contribution in [0.4, 0.5) is 5.69 Å². The van der Waals surface area contributed by atoms with E-state index >= 15 is 0 Å². The first-order valence-electron chi connectivity index (χ1n) is 9.84. The quantitative estimate of drug-likeness (QED) is 0.105. The van der Waals surface area contributed by atoms with Gasteiger partial charge in [0.2, 0.25) is 0 Å². The number of benzene rings is 2. The van der Waals surface area contributed by atoms with Crippen molar-refractivity contribution in [2.45, 2.75) is 18.2 Å². The van der Waals surface area contributed by atoms with Crippen LogP contribution >= 0.6 is 34.4 Å². The zero-order chi connectivity index (χ0) is 23.6. The lowest BCUT2D eigenvalue weighted by Gasteiger charge is -2.09. The van der Waals surface area contributed by atoms with Crippen molar-refractivity contribution in [1.82, 2.24) is 20.2 Å². The van der Waals surface area contributed by atoms with E-state index in [4.69, 9.17) is 4.74 Å². The molecule has 0 radical (unpaired) electrons. The molecule has 1 amide bonds. The van der Waals surface area contributed by atoms with Gasteiger partial charge in [-0.2, -0.15) is 5.10 Å². The number of rotatable bonds is 11. The summed E-state index contributed by atoms with van der Waals surface area (Å²) in [6, 6.07) is 12.8. The molecule has 2 aromatic carbocycles. The zero-order valence-corrected chi connectivity index (χ0v) is 20.8. The summed E-state index contributed by atoms with van der Waals surface area (Å²) in [5, 5.41) is 26.0. The molecular formula is C22H23IN6O3S. The number of nitrogens with one attached hydrogen (secondary N) is 2. The average Bonchev–Trinajstić information content (AvgIpc) is 3.20. The van der Waals surface area contributed by atoms with Gasteiger partial charge in [0.05, 0.1) is 25.6 Å². The van der Waals surface area contributed by atoms with Gasteiger partial charge in [0.25, 0.3) is 5.91 Å². The number of halogens is 1. The first-order chi connectivity index (χ1) is 16.0. The summed E-state index contributed by atoms with van der Waals surface area (Å²) in [6.45, 7) is 4.82. The van der Waals surface area contributed by atoms with Crippen LogP contribution < -0.4 is 15.5 Å². The van der Waals surface area contributed by atoms with Gasteiger partial charge in [0.1, 0.15) is 0 Å². The molecule has 1 heterocycles. The van der Waals surface area contributed by atoms with Crippen LogP contribution in [0.3, 0.4) is 0 Å². The fourth-order valence-corrected chi connectivity index (χ4v) is 3.85. The van der Waals surface area contributed by atoms with E-state index in [1.807, 2.05) is 28.8 Å².